The first-order chi connectivity index (χ1) is 14.2. The van der Waals surface area contributed by atoms with Crippen molar-refractivity contribution >= 4 is 23.2 Å². The Balaban J connectivity index is 1.24. The smallest absolute Gasteiger partial charge is 0.241 e. The van der Waals surface area contributed by atoms with Gasteiger partial charge in [0.05, 0.1) is 23.8 Å². The second-order valence-corrected chi connectivity index (χ2v) is 7.37. The van der Waals surface area contributed by atoms with Crippen molar-refractivity contribution in [3.63, 3.8) is 0 Å². The first-order valence-corrected chi connectivity index (χ1v) is 9.92. The SMILES string of the molecule is O=C(CN1CCN(Cc2nc(-c3ccccc3)no2)CC1)Nc1ccccc1Cl. The average Bonchev–Trinajstić information content (AvgIpc) is 3.20. The largest absolute Gasteiger partial charge is 0.338 e. The van der Waals surface area contributed by atoms with Crippen LogP contribution >= 0.6 is 11.6 Å². The summed E-state index contributed by atoms with van der Waals surface area (Å²) in [6, 6.07) is 17.0. The number of piperazine rings is 1. The first-order valence-electron chi connectivity index (χ1n) is 9.54. The fourth-order valence-electron chi connectivity index (χ4n) is 3.28. The van der Waals surface area contributed by atoms with Crippen molar-refractivity contribution < 1.29 is 9.32 Å². The van der Waals surface area contributed by atoms with Crippen LogP contribution in [0.3, 0.4) is 0 Å². The summed E-state index contributed by atoms with van der Waals surface area (Å²) in [6.45, 7) is 4.23. The molecule has 0 radical (unpaired) electrons. The van der Waals surface area contributed by atoms with E-state index < -0.39 is 0 Å². The van der Waals surface area contributed by atoms with Crippen LogP contribution in [0.2, 0.25) is 5.02 Å². The molecule has 1 N–H and O–H groups in total. The summed E-state index contributed by atoms with van der Waals surface area (Å²) in [4.78, 5) is 21.2. The number of anilines is 1. The van der Waals surface area contributed by atoms with Crippen molar-refractivity contribution in [2.75, 3.05) is 38.0 Å². The lowest BCUT2D eigenvalue weighted by atomic mass is 10.2. The van der Waals surface area contributed by atoms with Crippen LogP contribution in [0.15, 0.2) is 59.1 Å². The zero-order chi connectivity index (χ0) is 20.1. The molecule has 1 amide bonds. The molecule has 1 aromatic heterocycles. The molecule has 8 heteroatoms. The number of amides is 1. The van der Waals surface area contributed by atoms with Gasteiger partial charge in [-0.3, -0.25) is 14.6 Å². The molecular weight excluding hydrogens is 390 g/mol. The number of hydrogen-bond acceptors (Lipinski definition) is 6. The summed E-state index contributed by atoms with van der Waals surface area (Å²) >= 11 is 6.09. The Morgan fingerprint density at radius 1 is 1.00 bits per heavy atom. The number of aromatic nitrogens is 2. The van der Waals surface area contributed by atoms with Crippen molar-refractivity contribution in [2.24, 2.45) is 0 Å². The van der Waals surface area contributed by atoms with Crippen LogP contribution in [0.4, 0.5) is 5.69 Å². The predicted octanol–water partition coefficient (Wildman–Crippen LogP) is 3.15. The Morgan fingerprint density at radius 3 is 2.45 bits per heavy atom. The maximum atomic E-state index is 12.3. The number of carbonyl (C=O) groups excluding carboxylic acids is 1. The van der Waals surface area contributed by atoms with E-state index in [9.17, 15) is 4.79 Å². The van der Waals surface area contributed by atoms with E-state index in [1.165, 1.54) is 0 Å². The fourth-order valence-corrected chi connectivity index (χ4v) is 3.46. The Labute approximate surface area is 174 Å². The van der Waals surface area contributed by atoms with Gasteiger partial charge < -0.3 is 9.84 Å². The van der Waals surface area contributed by atoms with Crippen molar-refractivity contribution in [2.45, 2.75) is 6.54 Å². The summed E-state index contributed by atoms with van der Waals surface area (Å²) in [7, 11) is 0. The van der Waals surface area contributed by atoms with Gasteiger partial charge in [-0.2, -0.15) is 4.98 Å². The molecule has 150 valence electrons. The van der Waals surface area contributed by atoms with Gasteiger partial charge in [0, 0.05) is 31.7 Å². The predicted molar refractivity (Wildman–Crippen MR) is 112 cm³/mol. The molecule has 7 nitrogen and oxygen atoms in total. The number of nitrogens with zero attached hydrogens (tertiary/aromatic N) is 4. The van der Waals surface area contributed by atoms with E-state index >= 15 is 0 Å². The van der Waals surface area contributed by atoms with E-state index in [1.807, 2.05) is 42.5 Å². The molecule has 0 aliphatic carbocycles. The lowest BCUT2D eigenvalue weighted by molar-refractivity contribution is -0.117. The van der Waals surface area contributed by atoms with Crippen LogP contribution in [-0.4, -0.2) is 58.6 Å². The third-order valence-electron chi connectivity index (χ3n) is 4.84. The van der Waals surface area contributed by atoms with Crippen molar-refractivity contribution in [1.82, 2.24) is 19.9 Å². The van der Waals surface area contributed by atoms with Gasteiger partial charge in [-0.15, -0.1) is 0 Å². The number of rotatable bonds is 6. The minimum absolute atomic E-state index is 0.0593. The van der Waals surface area contributed by atoms with Gasteiger partial charge in [0.2, 0.25) is 17.6 Å². The quantitative estimate of drug-likeness (QED) is 0.671. The van der Waals surface area contributed by atoms with E-state index in [0.717, 1.165) is 31.7 Å². The molecule has 1 aliphatic rings. The second kappa shape index (κ2) is 9.17. The summed E-state index contributed by atoms with van der Waals surface area (Å²) < 4.78 is 5.40. The molecule has 1 fully saturated rings. The van der Waals surface area contributed by atoms with E-state index in [1.54, 1.807) is 12.1 Å². The van der Waals surface area contributed by atoms with Crippen molar-refractivity contribution in [3.8, 4) is 11.4 Å². The molecule has 0 bridgehead atoms. The highest BCUT2D eigenvalue weighted by Gasteiger charge is 2.21. The maximum absolute atomic E-state index is 12.3. The van der Waals surface area contributed by atoms with Crippen molar-refractivity contribution in [1.29, 1.82) is 0 Å². The van der Waals surface area contributed by atoms with Gasteiger partial charge in [0.15, 0.2) is 0 Å². The highest BCUT2D eigenvalue weighted by Crippen LogP contribution is 2.20. The molecule has 3 aromatic rings. The number of nitrogens with one attached hydrogen (secondary N) is 1. The highest BCUT2D eigenvalue weighted by molar-refractivity contribution is 6.33. The number of halogens is 1. The van der Waals surface area contributed by atoms with E-state index in [0.29, 0.717) is 35.5 Å². The molecule has 0 saturated carbocycles. The van der Waals surface area contributed by atoms with Crippen LogP contribution in [0, 0.1) is 0 Å². The van der Waals surface area contributed by atoms with Gasteiger partial charge in [-0.25, -0.2) is 0 Å². The highest BCUT2D eigenvalue weighted by atomic mass is 35.5. The zero-order valence-electron chi connectivity index (χ0n) is 15.9. The molecule has 0 spiro atoms. The first kappa shape index (κ1) is 19.6. The summed E-state index contributed by atoms with van der Waals surface area (Å²) in [5.41, 5.74) is 1.58. The zero-order valence-corrected chi connectivity index (χ0v) is 16.7. The van der Waals surface area contributed by atoms with Crippen LogP contribution in [0.1, 0.15) is 5.89 Å². The Morgan fingerprint density at radius 2 is 1.69 bits per heavy atom. The summed E-state index contributed by atoms with van der Waals surface area (Å²) in [6.07, 6.45) is 0. The van der Waals surface area contributed by atoms with Gasteiger partial charge in [-0.05, 0) is 12.1 Å². The third-order valence-corrected chi connectivity index (χ3v) is 5.17. The van der Waals surface area contributed by atoms with E-state index in [-0.39, 0.29) is 5.91 Å². The van der Waals surface area contributed by atoms with E-state index in [4.69, 9.17) is 16.1 Å². The normalized spacial score (nSPS) is 15.3. The minimum atomic E-state index is -0.0593. The molecule has 2 heterocycles. The topological polar surface area (TPSA) is 74.5 Å². The van der Waals surface area contributed by atoms with Gasteiger partial charge in [0.1, 0.15) is 0 Å². The van der Waals surface area contributed by atoms with Crippen LogP contribution in [-0.2, 0) is 11.3 Å². The number of benzene rings is 2. The fraction of sp³-hybridized carbons (Fsp3) is 0.286. The minimum Gasteiger partial charge on any atom is -0.338 e. The van der Waals surface area contributed by atoms with Gasteiger partial charge in [-0.1, -0.05) is 59.2 Å². The Kier molecular flexibility index (Phi) is 6.19. The number of para-hydroxylation sites is 1. The molecular formula is C21H22ClN5O2. The van der Waals surface area contributed by atoms with Crippen LogP contribution < -0.4 is 5.32 Å². The van der Waals surface area contributed by atoms with Gasteiger partial charge >= 0.3 is 0 Å². The molecule has 4 rings (SSSR count). The molecule has 0 unspecified atom stereocenters. The number of carbonyl (C=O) groups is 1. The summed E-state index contributed by atoms with van der Waals surface area (Å²) in [5, 5.41) is 7.48. The van der Waals surface area contributed by atoms with Crippen LogP contribution in [0.25, 0.3) is 11.4 Å². The Bertz CT molecular complexity index is 954. The number of hydrogen-bond donors (Lipinski definition) is 1. The molecule has 2 aromatic carbocycles. The van der Waals surface area contributed by atoms with Crippen LogP contribution in [0.5, 0.6) is 0 Å². The maximum Gasteiger partial charge on any atom is 0.241 e. The van der Waals surface area contributed by atoms with Crippen molar-refractivity contribution in [3.05, 3.63) is 65.5 Å². The lowest BCUT2D eigenvalue weighted by Gasteiger charge is -2.33. The van der Waals surface area contributed by atoms with E-state index in [2.05, 4.69) is 25.3 Å². The molecule has 0 atom stereocenters. The van der Waals surface area contributed by atoms with Gasteiger partial charge in [0.25, 0.3) is 0 Å². The average molecular weight is 412 g/mol. The lowest BCUT2D eigenvalue weighted by Crippen LogP contribution is -2.48. The standard InChI is InChI=1S/C21H22ClN5O2/c22-17-8-4-5-9-18(17)23-19(28)14-26-10-12-27(13-11-26)15-20-24-21(25-29-20)16-6-2-1-3-7-16/h1-9H,10-15H2,(H,23,28). The molecule has 1 saturated heterocycles. The third kappa shape index (κ3) is 5.20. The Hall–Kier alpha value is -2.74. The molecule has 29 heavy (non-hydrogen) atoms. The summed E-state index contributed by atoms with van der Waals surface area (Å²) in [5.74, 6) is 1.15. The monoisotopic (exact) mass is 411 g/mol. The second-order valence-electron chi connectivity index (χ2n) is 6.96. The molecule has 1 aliphatic heterocycles.